The first kappa shape index (κ1) is 20.8. The maximum Gasteiger partial charge on any atom is 0.160 e. The van der Waals surface area contributed by atoms with Crippen molar-refractivity contribution in [2.75, 3.05) is 0 Å². The first-order chi connectivity index (χ1) is 13.4. The highest BCUT2D eigenvalue weighted by Gasteiger charge is 2.11. The molecule has 3 aromatic carbocycles. The van der Waals surface area contributed by atoms with Gasteiger partial charge in [0, 0.05) is 10.0 Å². The molecule has 0 saturated heterocycles. The van der Waals surface area contributed by atoms with Crippen LogP contribution in [0.1, 0.15) is 30.0 Å². The molecular formula is C24H20BrClF2. The zero-order chi connectivity index (χ0) is 20.3. The zero-order valence-electron chi connectivity index (χ0n) is 15.5. The van der Waals surface area contributed by atoms with Crippen LogP contribution < -0.4 is 0 Å². The van der Waals surface area contributed by atoms with Gasteiger partial charge in [-0.1, -0.05) is 67.6 Å². The van der Waals surface area contributed by atoms with Crippen molar-refractivity contribution in [2.45, 2.75) is 26.2 Å². The van der Waals surface area contributed by atoms with E-state index in [2.05, 4.69) is 47.6 Å². The molecule has 3 aromatic rings. The van der Waals surface area contributed by atoms with Gasteiger partial charge in [-0.25, -0.2) is 8.78 Å². The molecule has 0 bridgehead atoms. The zero-order valence-corrected chi connectivity index (χ0v) is 17.9. The number of aryl methyl sites for hydroxylation is 2. The number of benzene rings is 3. The van der Waals surface area contributed by atoms with Crippen molar-refractivity contribution in [3.8, 4) is 11.1 Å². The third-order valence-corrected chi connectivity index (χ3v) is 6.09. The molecule has 4 heteroatoms. The smallest absolute Gasteiger partial charge is 0.160 e. The van der Waals surface area contributed by atoms with Crippen LogP contribution >= 0.6 is 27.5 Å². The molecule has 3 rings (SSSR count). The summed E-state index contributed by atoms with van der Waals surface area (Å²) in [4.78, 5) is 0. The summed E-state index contributed by atoms with van der Waals surface area (Å²) in [5, 5.41) is 0.198. The van der Waals surface area contributed by atoms with Gasteiger partial charge >= 0.3 is 0 Å². The van der Waals surface area contributed by atoms with Gasteiger partial charge in [0.25, 0.3) is 0 Å². The topological polar surface area (TPSA) is 0 Å². The number of halogens is 4. The highest BCUT2D eigenvalue weighted by Crippen LogP contribution is 2.31. The molecule has 0 aliphatic rings. The Labute approximate surface area is 178 Å². The molecule has 0 fully saturated rings. The Bertz CT molecular complexity index is 1010. The van der Waals surface area contributed by atoms with Crippen LogP contribution in [-0.4, -0.2) is 0 Å². The SMILES string of the molecule is C=C(CC)c1cccc(CCc2ccc(-c3cc(F)c(F)cc3Cl)cc2)c1Br. The minimum absolute atomic E-state index is 0.198. The van der Waals surface area contributed by atoms with E-state index >= 15 is 0 Å². The predicted octanol–water partition coefficient (Wildman–Crippen LogP) is 8.26. The molecule has 0 aromatic heterocycles. The normalized spacial score (nSPS) is 10.9. The average molecular weight is 462 g/mol. The van der Waals surface area contributed by atoms with Gasteiger partial charge in [-0.3, -0.25) is 0 Å². The molecule has 0 radical (unpaired) electrons. The van der Waals surface area contributed by atoms with Gasteiger partial charge < -0.3 is 0 Å². The Kier molecular flexibility index (Phi) is 6.69. The van der Waals surface area contributed by atoms with E-state index in [-0.39, 0.29) is 5.02 Å². The molecular weight excluding hydrogens is 442 g/mol. The van der Waals surface area contributed by atoms with Crippen LogP contribution in [0.2, 0.25) is 5.02 Å². The Morgan fingerprint density at radius 1 is 1.00 bits per heavy atom. The van der Waals surface area contributed by atoms with Crippen LogP contribution in [0, 0.1) is 11.6 Å². The molecule has 144 valence electrons. The predicted molar refractivity (Wildman–Crippen MR) is 118 cm³/mol. The van der Waals surface area contributed by atoms with Crippen LogP contribution in [-0.2, 0) is 12.8 Å². The summed E-state index contributed by atoms with van der Waals surface area (Å²) in [5.41, 5.74) is 5.91. The maximum absolute atomic E-state index is 13.5. The minimum Gasteiger partial charge on any atom is -0.204 e. The van der Waals surface area contributed by atoms with Crippen LogP contribution in [0.4, 0.5) is 8.78 Å². The number of hydrogen-bond acceptors (Lipinski definition) is 0. The Hall–Kier alpha value is -1.97. The third kappa shape index (κ3) is 4.53. The highest BCUT2D eigenvalue weighted by atomic mass is 79.9. The maximum atomic E-state index is 13.5. The highest BCUT2D eigenvalue weighted by molar-refractivity contribution is 9.10. The fourth-order valence-electron chi connectivity index (χ4n) is 3.11. The van der Waals surface area contributed by atoms with Crippen molar-refractivity contribution in [1.82, 2.24) is 0 Å². The average Bonchev–Trinajstić information content (AvgIpc) is 2.70. The second-order valence-electron chi connectivity index (χ2n) is 6.68. The minimum atomic E-state index is -0.941. The Morgan fingerprint density at radius 2 is 1.68 bits per heavy atom. The summed E-state index contributed by atoms with van der Waals surface area (Å²) < 4.78 is 27.9. The lowest BCUT2D eigenvalue weighted by Gasteiger charge is -2.12. The first-order valence-corrected chi connectivity index (χ1v) is 10.3. The first-order valence-electron chi connectivity index (χ1n) is 9.10. The summed E-state index contributed by atoms with van der Waals surface area (Å²) in [7, 11) is 0. The van der Waals surface area contributed by atoms with E-state index in [1.807, 2.05) is 24.3 Å². The Balaban J connectivity index is 1.76. The molecule has 0 aliphatic carbocycles. The van der Waals surface area contributed by atoms with Crippen molar-refractivity contribution in [3.63, 3.8) is 0 Å². The van der Waals surface area contributed by atoms with Crippen molar-refractivity contribution >= 4 is 33.1 Å². The molecule has 0 atom stereocenters. The van der Waals surface area contributed by atoms with Gasteiger partial charge in [0.15, 0.2) is 11.6 Å². The van der Waals surface area contributed by atoms with E-state index in [0.717, 1.165) is 58.1 Å². The number of rotatable bonds is 6. The fourth-order valence-corrected chi connectivity index (χ4v) is 4.11. The molecule has 28 heavy (non-hydrogen) atoms. The third-order valence-electron chi connectivity index (χ3n) is 4.84. The molecule has 0 amide bonds. The standard InChI is InChI=1S/C24H20BrClF2/c1-3-15(2)19-6-4-5-18(24(19)25)12-9-16-7-10-17(11-8-16)20-13-22(27)23(28)14-21(20)26/h4-8,10-11,13-14H,2-3,9,12H2,1H3. The lowest BCUT2D eigenvalue weighted by Crippen LogP contribution is -1.95. The summed E-state index contributed by atoms with van der Waals surface area (Å²) in [6, 6.07) is 16.2. The summed E-state index contributed by atoms with van der Waals surface area (Å²) in [6.45, 7) is 6.23. The molecule has 0 saturated carbocycles. The van der Waals surface area contributed by atoms with E-state index in [1.165, 1.54) is 5.56 Å². The molecule has 0 heterocycles. The van der Waals surface area contributed by atoms with Gasteiger partial charge in [-0.15, -0.1) is 0 Å². The van der Waals surface area contributed by atoms with Crippen LogP contribution in [0.25, 0.3) is 16.7 Å². The molecule has 0 nitrogen and oxygen atoms in total. The second kappa shape index (κ2) is 9.02. The largest absolute Gasteiger partial charge is 0.204 e. The van der Waals surface area contributed by atoms with Crippen molar-refractivity contribution in [3.05, 3.63) is 99.0 Å². The van der Waals surface area contributed by atoms with Gasteiger partial charge in [0.1, 0.15) is 0 Å². The van der Waals surface area contributed by atoms with Crippen molar-refractivity contribution in [2.24, 2.45) is 0 Å². The van der Waals surface area contributed by atoms with Crippen LogP contribution in [0.15, 0.2) is 65.6 Å². The number of hydrogen-bond donors (Lipinski definition) is 0. The van der Waals surface area contributed by atoms with Crippen LogP contribution in [0.3, 0.4) is 0 Å². The summed E-state index contributed by atoms with van der Waals surface area (Å²) in [5.74, 6) is -1.84. The van der Waals surface area contributed by atoms with E-state index in [9.17, 15) is 8.78 Å². The summed E-state index contributed by atoms with van der Waals surface area (Å²) >= 11 is 9.79. The molecule has 0 N–H and O–H groups in total. The van der Waals surface area contributed by atoms with Gasteiger partial charge in [-0.05, 0) is 75.2 Å². The van der Waals surface area contributed by atoms with Gasteiger partial charge in [-0.2, -0.15) is 0 Å². The molecule has 0 aliphatic heterocycles. The monoisotopic (exact) mass is 460 g/mol. The molecule has 0 spiro atoms. The lowest BCUT2D eigenvalue weighted by atomic mass is 9.97. The quantitative estimate of drug-likeness (QED) is 0.324. The van der Waals surface area contributed by atoms with E-state index in [0.29, 0.717) is 5.56 Å². The summed E-state index contributed by atoms with van der Waals surface area (Å²) in [6.07, 6.45) is 2.67. The van der Waals surface area contributed by atoms with Crippen LogP contribution in [0.5, 0.6) is 0 Å². The fraction of sp³-hybridized carbons (Fsp3) is 0.167. The Morgan fingerprint density at radius 3 is 2.36 bits per heavy atom. The lowest BCUT2D eigenvalue weighted by molar-refractivity contribution is 0.509. The van der Waals surface area contributed by atoms with Gasteiger partial charge in [0.2, 0.25) is 0 Å². The van der Waals surface area contributed by atoms with E-state index < -0.39 is 11.6 Å². The number of allylic oxidation sites excluding steroid dienone is 1. The van der Waals surface area contributed by atoms with Crippen molar-refractivity contribution in [1.29, 1.82) is 0 Å². The second-order valence-corrected chi connectivity index (χ2v) is 7.88. The molecule has 0 unspecified atom stereocenters. The van der Waals surface area contributed by atoms with E-state index in [4.69, 9.17) is 11.6 Å². The van der Waals surface area contributed by atoms with E-state index in [1.54, 1.807) is 0 Å². The van der Waals surface area contributed by atoms with Crippen molar-refractivity contribution < 1.29 is 8.78 Å². The van der Waals surface area contributed by atoms with Gasteiger partial charge in [0.05, 0.1) is 5.02 Å².